The SMILES string of the molecule is O=C(c1ccc([N+](=O)[O-])[nH]1)N1CCC(NCC2CC2)CC1. The number of H-pyrrole nitrogens is 1. The lowest BCUT2D eigenvalue weighted by molar-refractivity contribution is -0.389. The molecule has 1 saturated carbocycles. The second kappa shape index (κ2) is 5.85. The maximum absolute atomic E-state index is 12.3. The van der Waals surface area contributed by atoms with E-state index in [1.165, 1.54) is 25.0 Å². The summed E-state index contributed by atoms with van der Waals surface area (Å²) in [4.78, 5) is 26.7. The summed E-state index contributed by atoms with van der Waals surface area (Å²) >= 11 is 0. The van der Waals surface area contributed by atoms with Gasteiger partial charge in [-0.15, -0.1) is 0 Å². The number of nitrogens with one attached hydrogen (secondary N) is 2. The molecule has 1 saturated heterocycles. The zero-order chi connectivity index (χ0) is 14.8. The van der Waals surface area contributed by atoms with Crippen molar-refractivity contribution in [3.05, 3.63) is 27.9 Å². The molecule has 1 aromatic rings. The highest BCUT2D eigenvalue weighted by molar-refractivity contribution is 5.93. The van der Waals surface area contributed by atoms with Crippen molar-refractivity contribution in [1.82, 2.24) is 15.2 Å². The molecule has 1 aliphatic heterocycles. The van der Waals surface area contributed by atoms with E-state index in [4.69, 9.17) is 0 Å². The summed E-state index contributed by atoms with van der Waals surface area (Å²) in [5.74, 6) is 0.576. The first-order valence-corrected chi connectivity index (χ1v) is 7.49. The van der Waals surface area contributed by atoms with Crippen molar-refractivity contribution in [2.75, 3.05) is 19.6 Å². The van der Waals surface area contributed by atoms with Crippen LogP contribution in [0, 0.1) is 16.0 Å². The average molecular weight is 292 g/mol. The zero-order valence-corrected chi connectivity index (χ0v) is 11.9. The van der Waals surface area contributed by atoms with Crippen LogP contribution in [0.4, 0.5) is 5.82 Å². The Hall–Kier alpha value is -1.89. The third-order valence-electron chi connectivity index (χ3n) is 4.27. The van der Waals surface area contributed by atoms with E-state index in [2.05, 4.69) is 10.3 Å². The van der Waals surface area contributed by atoms with Crippen LogP contribution in [0.2, 0.25) is 0 Å². The van der Waals surface area contributed by atoms with Crippen LogP contribution in [-0.4, -0.2) is 46.4 Å². The minimum atomic E-state index is -0.523. The predicted molar refractivity (Wildman–Crippen MR) is 77.1 cm³/mol. The first-order valence-electron chi connectivity index (χ1n) is 7.49. The first-order chi connectivity index (χ1) is 10.1. The summed E-state index contributed by atoms with van der Waals surface area (Å²) < 4.78 is 0. The van der Waals surface area contributed by atoms with Gasteiger partial charge in [0.1, 0.15) is 0 Å². The third kappa shape index (κ3) is 3.41. The quantitative estimate of drug-likeness (QED) is 0.636. The van der Waals surface area contributed by atoms with Gasteiger partial charge in [-0.3, -0.25) is 4.79 Å². The maximum Gasteiger partial charge on any atom is 0.321 e. The Balaban J connectivity index is 1.50. The zero-order valence-electron chi connectivity index (χ0n) is 11.9. The van der Waals surface area contributed by atoms with Gasteiger partial charge in [0.2, 0.25) is 0 Å². The molecule has 0 bridgehead atoms. The third-order valence-corrected chi connectivity index (χ3v) is 4.27. The van der Waals surface area contributed by atoms with E-state index in [1.54, 1.807) is 4.90 Å². The molecule has 0 aromatic carbocycles. The van der Waals surface area contributed by atoms with Crippen molar-refractivity contribution in [1.29, 1.82) is 0 Å². The Bertz CT molecular complexity index is 530. The lowest BCUT2D eigenvalue weighted by Gasteiger charge is -2.31. The molecule has 2 fully saturated rings. The van der Waals surface area contributed by atoms with Gasteiger partial charge in [-0.1, -0.05) is 0 Å². The monoisotopic (exact) mass is 292 g/mol. The van der Waals surface area contributed by atoms with E-state index >= 15 is 0 Å². The van der Waals surface area contributed by atoms with E-state index in [0.29, 0.717) is 24.8 Å². The molecule has 1 aliphatic carbocycles. The van der Waals surface area contributed by atoms with Crippen LogP contribution >= 0.6 is 0 Å². The number of carbonyl (C=O) groups is 1. The van der Waals surface area contributed by atoms with Gasteiger partial charge in [-0.25, -0.2) is 4.98 Å². The number of rotatable bonds is 5. The Morgan fingerprint density at radius 3 is 2.62 bits per heavy atom. The Labute approximate surface area is 122 Å². The predicted octanol–water partition coefficient (Wildman–Crippen LogP) is 1.53. The number of hydrogen-bond acceptors (Lipinski definition) is 4. The number of hydrogen-bond donors (Lipinski definition) is 2. The van der Waals surface area contributed by atoms with Crippen molar-refractivity contribution in [2.45, 2.75) is 31.7 Å². The fourth-order valence-corrected chi connectivity index (χ4v) is 2.73. The van der Waals surface area contributed by atoms with Gasteiger partial charge in [0.15, 0.2) is 5.69 Å². The molecule has 0 unspecified atom stereocenters. The van der Waals surface area contributed by atoms with Crippen molar-refractivity contribution in [2.24, 2.45) is 5.92 Å². The van der Waals surface area contributed by atoms with Crippen molar-refractivity contribution in [3.8, 4) is 0 Å². The number of likely N-dealkylation sites (tertiary alicyclic amines) is 1. The molecule has 1 amide bonds. The summed E-state index contributed by atoms with van der Waals surface area (Å²) in [5.41, 5.74) is 0.297. The topological polar surface area (TPSA) is 91.3 Å². The molecule has 2 N–H and O–H groups in total. The standard InChI is InChI=1S/C14H20N4O3/c19-14(12-3-4-13(16-12)18(20)21)17-7-5-11(6-8-17)15-9-10-1-2-10/h3-4,10-11,15-16H,1-2,5-9H2. The van der Waals surface area contributed by atoms with Crippen LogP contribution in [0.3, 0.4) is 0 Å². The summed E-state index contributed by atoms with van der Waals surface area (Å²) in [7, 11) is 0. The summed E-state index contributed by atoms with van der Waals surface area (Å²) in [6.45, 7) is 2.50. The Morgan fingerprint density at radius 1 is 1.33 bits per heavy atom. The molecule has 7 heteroatoms. The summed E-state index contributed by atoms with van der Waals surface area (Å²) in [6.07, 6.45) is 4.58. The number of amides is 1. The molecule has 114 valence electrons. The van der Waals surface area contributed by atoms with Crippen LogP contribution in [0.15, 0.2) is 12.1 Å². The molecular weight excluding hydrogens is 272 g/mol. The van der Waals surface area contributed by atoms with Crippen molar-refractivity contribution in [3.63, 3.8) is 0 Å². The lowest BCUT2D eigenvalue weighted by Crippen LogP contribution is -2.45. The fourth-order valence-electron chi connectivity index (χ4n) is 2.73. The molecule has 0 spiro atoms. The van der Waals surface area contributed by atoms with E-state index < -0.39 is 4.92 Å². The molecular formula is C14H20N4O3. The van der Waals surface area contributed by atoms with E-state index in [1.807, 2.05) is 0 Å². The minimum absolute atomic E-state index is 0.140. The highest BCUT2D eigenvalue weighted by atomic mass is 16.6. The number of nitrogens with zero attached hydrogens (tertiary/aromatic N) is 2. The Morgan fingerprint density at radius 2 is 2.05 bits per heavy atom. The van der Waals surface area contributed by atoms with Gasteiger partial charge in [0.05, 0.1) is 0 Å². The number of piperidine rings is 1. The largest absolute Gasteiger partial charge is 0.358 e. The van der Waals surface area contributed by atoms with Gasteiger partial charge in [0.25, 0.3) is 5.91 Å². The molecule has 1 aromatic heterocycles. The van der Waals surface area contributed by atoms with Gasteiger partial charge in [-0.05, 0) is 49.1 Å². The smallest absolute Gasteiger partial charge is 0.321 e. The van der Waals surface area contributed by atoms with Crippen LogP contribution in [0.1, 0.15) is 36.2 Å². The molecule has 2 aliphatic rings. The summed E-state index contributed by atoms with van der Waals surface area (Å²) in [6, 6.07) is 3.31. The number of aromatic nitrogens is 1. The average Bonchev–Trinajstić information content (AvgIpc) is 3.18. The van der Waals surface area contributed by atoms with Crippen LogP contribution in [0.25, 0.3) is 0 Å². The van der Waals surface area contributed by atoms with Crippen molar-refractivity contribution < 1.29 is 9.72 Å². The fraction of sp³-hybridized carbons (Fsp3) is 0.643. The Kier molecular flexibility index (Phi) is 3.92. The first kappa shape index (κ1) is 14.1. The molecule has 21 heavy (non-hydrogen) atoms. The van der Waals surface area contributed by atoms with Crippen LogP contribution in [0.5, 0.6) is 0 Å². The second-order valence-corrected chi connectivity index (χ2v) is 5.93. The normalized spacial score (nSPS) is 19.7. The van der Waals surface area contributed by atoms with Crippen LogP contribution < -0.4 is 5.32 Å². The molecule has 7 nitrogen and oxygen atoms in total. The van der Waals surface area contributed by atoms with Crippen molar-refractivity contribution >= 4 is 11.7 Å². The van der Waals surface area contributed by atoms with Gasteiger partial charge in [0, 0.05) is 25.2 Å². The second-order valence-electron chi connectivity index (χ2n) is 5.93. The minimum Gasteiger partial charge on any atom is -0.358 e. The van der Waals surface area contributed by atoms with Gasteiger partial charge >= 0.3 is 5.82 Å². The molecule has 0 atom stereocenters. The van der Waals surface area contributed by atoms with Gasteiger partial charge in [-0.2, -0.15) is 0 Å². The number of nitro groups is 1. The molecule has 3 rings (SSSR count). The highest BCUT2D eigenvalue weighted by Crippen LogP contribution is 2.28. The highest BCUT2D eigenvalue weighted by Gasteiger charge is 2.28. The lowest BCUT2D eigenvalue weighted by atomic mass is 10.0. The molecule has 0 radical (unpaired) electrons. The van der Waals surface area contributed by atoms with Crippen LogP contribution in [-0.2, 0) is 0 Å². The van der Waals surface area contributed by atoms with Gasteiger partial charge < -0.3 is 20.3 Å². The number of aromatic amines is 1. The number of carbonyl (C=O) groups excluding carboxylic acids is 1. The molecule has 2 heterocycles. The van der Waals surface area contributed by atoms with E-state index in [-0.39, 0.29) is 11.7 Å². The van der Waals surface area contributed by atoms with E-state index in [9.17, 15) is 14.9 Å². The van der Waals surface area contributed by atoms with E-state index in [0.717, 1.165) is 25.3 Å². The maximum atomic E-state index is 12.3. The summed E-state index contributed by atoms with van der Waals surface area (Å²) in [5, 5.41) is 14.2.